The zero-order valence-corrected chi connectivity index (χ0v) is 17.1. The Labute approximate surface area is 168 Å². The fourth-order valence-corrected chi connectivity index (χ4v) is 5.06. The van der Waals surface area contributed by atoms with Crippen LogP contribution in [0.2, 0.25) is 0 Å². The highest BCUT2D eigenvalue weighted by molar-refractivity contribution is 7.90. The van der Waals surface area contributed by atoms with Crippen molar-refractivity contribution < 1.29 is 22.4 Å². The van der Waals surface area contributed by atoms with E-state index in [1.54, 1.807) is 24.3 Å². The Hall–Kier alpha value is -2.71. The summed E-state index contributed by atoms with van der Waals surface area (Å²) >= 11 is 0. The fourth-order valence-electron chi connectivity index (χ4n) is 3.68. The van der Waals surface area contributed by atoms with Gasteiger partial charge in [-0.25, -0.2) is 21.8 Å². The smallest absolute Gasteiger partial charge is 0.268 e. The van der Waals surface area contributed by atoms with Gasteiger partial charge >= 0.3 is 0 Å². The summed E-state index contributed by atoms with van der Waals surface area (Å²) in [6, 6.07) is 10.9. The Kier molecular flexibility index (Phi) is 4.71. The van der Waals surface area contributed by atoms with Gasteiger partial charge in [0.2, 0.25) is 5.91 Å². The largest absolute Gasteiger partial charge is 0.275 e. The number of aryl methyl sites for hydroxylation is 1. The number of para-hydroxylation sites is 1. The Balaban J connectivity index is 1.83. The van der Waals surface area contributed by atoms with Crippen molar-refractivity contribution in [1.29, 1.82) is 0 Å². The molecule has 0 unspecified atom stereocenters. The van der Waals surface area contributed by atoms with Crippen LogP contribution in [0, 0.1) is 18.7 Å². The van der Waals surface area contributed by atoms with E-state index in [4.69, 9.17) is 4.84 Å². The van der Waals surface area contributed by atoms with Crippen molar-refractivity contribution in [2.24, 2.45) is 5.92 Å². The zero-order valence-electron chi connectivity index (χ0n) is 16.3. The van der Waals surface area contributed by atoms with Crippen LogP contribution in [-0.2, 0) is 19.7 Å². The monoisotopic (exact) mass is 416 g/mol. The van der Waals surface area contributed by atoms with Crippen LogP contribution < -0.4 is 0 Å². The molecule has 152 valence electrons. The molecule has 6 nitrogen and oxygen atoms in total. The minimum atomic E-state index is -3.99. The molecule has 1 heterocycles. The van der Waals surface area contributed by atoms with Crippen LogP contribution in [0.4, 0.5) is 4.39 Å². The van der Waals surface area contributed by atoms with Crippen LogP contribution in [-0.4, -0.2) is 37.5 Å². The van der Waals surface area contributed by atoms with Gasteiger partial charge in [-0.05, 0) is 43.0 Å². The third kappa shape index (κ3) is 3.22. The highest BCUT2D eigenvalue weighted by atomic mass is 32.2. The molecule has 0 spiro atoms. The lowest BCUT2D eigenvalue weighted by atomic mass is 10.1. The lowest BCUT2D eigenvalue weighted by Crippen LogP contribution is -2.27. The molecule has 29 heavy (non-hydrogen) atoms. The maximum atomic E-state index is 14.7. The van der Waals surface area contributed by atoms with Crippen LogP contribution in [0.25, 0.3) is 10.9 Å². The van der Waals surface area contributed by atoms with Crippen molar-refractivity contribution in [3.8, 4) is 0 Å². The maximum absolute atomic E-state index is 14.7. The van der Waals surface area contributed by atoms with Crippen LogP contribution >= 0.6 is 0 Å². The maximum Gasteiger partial charge on any atom is 0.268 e. The highest BCUT2D eigenvalue weighted by Crippen LogP contribution is 2.51. The number of amides is 1. The molecule has 2 atom stereocenters. The van der Waals surface area contributed by atoms with Gasteiger partial charge < -0.3 is 0 Å². The van der Waals surface area contributed by atoms with Crippen molar-refractivity contribution >= 4 is 26.8 Å². The molecule has 1 saturated carbocycles. The Morgan fingerprint density at radius 2 is 1.90 bits per heavy atom. The first-order valence-electron chi connectivity index (χ1n) is 9.19. The number of nitrogens with zero attached hydrogens (tertiary/aromatic N) is 2. The first-order valence-corrected chi connectivity index (χ1v) is 10.6. The minimum Gasteiger partial charge on any atom is -0.275 e. The van der Waals surface area contributed by atoms with E-state index in [2.05, 4.69) is 0 Å². The van der Waals surface area contributed by atoms with Crippen molar-refractivity contribution in [2.45, 2.75) is 24.2 Å². The van der Waals surface area contributed by atoms with Gasteiger partial charge in [-0.15, -0.1) is 0 Å². The molecule has 0 bridgehead atoms. The molecule has 1 aromatic heterocycles. The van der Waals surface area contributed by atoms with Crippen molar-refractivity contribution in [3.05, 3.63) is 65.6 Å². The lowest BCUT2D eigenvalue weighted by molar-refractivity contribution is -0.170. The van der Waals surface area contributed by atoms with E-state index in [-0.39, 0.29) is 28.2 Å². The molecule has 8 heteroatoms. The molecular weight excluding hydrogens is 395 g/mol. The number of benzene rings is 2. The average Bonchev–Trinajstić information content (AvgIpc) is 3.39. The van der Waals surface area contributed by atoms with E-state index in [1.165, 1.54) is 38.6 Å². The first kappa shape index (κ1) is 19.6. The molecule has 1 fully saturated rings. The molecule has 1 amide bonds. The van der Waals surface area contributed by atoms with E-state index in [1.807, 2.05) is 6.92 Å². The van der Waals surface area contributed by atoms with E-state index in [0.29, 0.717) is 17.4 Å². The summed E-state index contributed by atoms with van der Waals surface area (Å²) in [4.78, 5) is 17.4. The van der Waals surface area contributed by atoms with E-state index in [9.17, 15) is 17.6 Å². The second kappa shape index (κ2) is 6.96. The quantitative estimate of drug-likeness (QED) is 0.598. The summed E-state index contributed by atoms with van der Waals surface area (Å²) in [5.41, 5.74) is 1.58. The molecule has 2 aromatic carbocycles. The standard InChI is InChI=1S/C21H21FN2O4S/c1-13-7-9-14(10-8-13)29(26,27)24-12-18(15-5-4-6-19(22)20(15)24)16-11-17(16)21(25)23(2)28-3/h4-10,12,16-17H,11H2,1-3H3/t16-,17-/m0/s1. The molecule has 4 rings (SSSR count). The van der Waals surface area contributed by atoms with Crippen LogP contribution in [0.5, 0.6) is 0 Å². The normalized spacial score (nSPS) is 18.8. The third-order valence-corrected chi connectivity index (χ3v) is 7.12. The van der Waals surface area contributed by atoms with Gasteiger partial charge in [0.15, 0.2) is 0 Å². The van der Waals surface area contributed by atoms with Crippen molar-refractivity contribution in [1.82, 2.24) is 9.04 Å². The zero-order chi connectivity index (χ0) is 20.9. The minimum absolute atomic E-state index is 0.00118. The predicted molar refractivity (Wildman–Crippen MR) is 106 cm³/mol. The summed E-state index contributed by atoms with van der Waals surface area (Å²) in [6.07, 6.45) is 2.01. The van der Waals surface area contributed by atoms with Gasteiger partial charge in [-0.1, -0.05) is 29.8 Å². The summed E-state index contributed by atoms with van der Waals surface area (Å²) in [5.74, 6) is -1.30. The molecule has 0 aliphatic heterocycles. The topological polar surface area (TPSA) is 68.6 Å². The number of halogens is 1. The number of aromatic nitrogens is 1. The number of carbonyl (C=O) groups excluding carboxylic acids is 1. The Morgan fingerprint density at radius 1 is 1.21 bits per heavy atom. The highest BCUT2D eigenvalue weighted by Gasteiger charge is 2.47. The molecule has 3 aromatic rings. The van der Waals surface area contributed by atoms with Gasteiger partial charge in [0, 0.05) is 24.5 Å². The molecule has 1 aliphatic carbocycles. The number of hydrogen-bond donors (Lipinski definition) is 0. The Bertz CT molecular complexity index is 1200. The van der Waals surface area contributed by atoms with E-state index in [0.717, 1.165) is 14.6 Å². The van der Waals surface area contributed by atoms with Crippen molar-refractivity contribution in [3.63, 3.8) is 0 Å². The first-order chi connectivity index (χ1) is 13.8. The number of fused-ring (bicyclic) bond motifs is 1. The van der Waals surface area contributed by atoms with Crippen molar-refractivity contribution in [2.75, 3.05) is 14.2 Å². The second-order valence-electron chi connectivity index (χ2n) is 7.30. The second-order valence-corrected chi connectivity index (χ2v) is 9.12. The number of rotatable bonds is 5. The summed E-state index contributed by atoms with van der Waals surface area (Å²) < 4.78 is 42.2. The van der Waals surface area contributed by atoms with Gasteiger partial charge in [0.1, 0.15) is 5.82 Å². The summed E-state index contributed by atoms with van der Waals surface area (Å²) in [5, 5.41) is 1.66. The fraction of sp³-hybridized carbons (Fsp3) is 0.286. The van der Waals surface area contributed by atoms with Gasteiger partial charge in [-0.2, -0.15) is 0 Å². The average molecular weight is 416 g/mol. The van der Waals surface area contributed by atoms with Crippen LogP contribution in [0.3, 0.4) is 0 Å². The SMILES string of the molecule is CON(C)C(=O)[C@H]1C[C@@H]1c1cn(S(=O)(=O)c2ccc(C)cc2)c2c(F)cccc12. The number of carbonyl (C=O) groups is 1. The third-order valence-electron chi connectivity index (χ3n) is 5.44. The lowest BCUT2D eigenvalue weighted by Gasteiger charge is -2.13. The van der Waals surface area contributed by atoms with E-state index < -0.39 is 15.8 Å². The molecule has 0 saturated heterocycles. The number of hydroxylamine groups is 2. The van der Waals surface area contributed by atoms with Gasteiger partial charge in [-0.3, -0.25) is 9.63 Å². The molecule has 1 aliphatic rings. The summed E-state index contributed by atoms with van der Waals surface area (Å²) in [6.45, 7) is 1.86. The predicted octanol–water partition coefficient (Wildman–Crippen LogP) is 3.45. The summed E-state index contributed by atoms with van der Waals surface area (Å²) in [7, 11) is -1.05. The van der Waals surface area contributed by atoms with Crippen LogP contribution in [0.1, 0.15) is 23.5 Å². The molecular formula is C21H21FN2O4S. The molecule has 0 radical (unpaired) electrons. The number of hydrogen-bond acceptors (Lipinski definition) is 4. The van der Waals surface area contributed by atoms with Gasteiger partial charge in [0.05, 0.1) is 17.5 Å². The Morgan fingerprint density at radius 3 is 2.55 bits per heavy atom. The van der Waals surface area contributed by atoms with E-state index >= 15 is 0 Å². The van der Waals surface area contributed by atoms with Gasteiger partial charge in [0.25, 0.3) is 10.0 Å². The molecule has 0 N–H and O–H groups in total. The van der Waals surface area contributed by atoms with Crippen LogP contribution in [0.15, 0.2) is 53.6 Å².